The van der Waals surface area contributed by atoms with E-state index in [0.717, 1.165) is 5.56 Å². The van der Waals surface area contributed by atoms with Crippen LogP contribution in [0.4, 0.5) is 10.2 Å². The minimum absolute atomic E-state index is 0.00744. The van der Waals surface area contributed by atoms with Gasteiger partial charge in [0.05, 0.1) is 30.2 Å². The zero-order valence-electron chi connectivity index (χ0n) is 27.4. The summed E-state index contributed by atoms with van der Waals surface area (Å²) in [6.45, 7) is 14.2. The van der Waals surface area contributed by atoms with E-state index in [4.69, 9.17) is 19.3 Å². The smallest absolute Gasteiger partial charge is 0.350 e. The Hall–Kier alpha value is -4.37. The topological polar surface area (TPSA) is 84.2 Å². The van der Waals surface area contributed by atoms with Crippen LogP contribution in [0.25, 0.3) is 34.1 Å². The summed E-state index contributed by atoms with van der Waals surface area (Å²) in [7, 11) is 0. The van der Waals surface area contributed by atoms with E-state index in [1.807, 2.05) is 45.6 Å². The second kappa shape index (κ2) is 12.3. The number of fused-ring (bicyclic) bond motifs is 1. The van der Waals surface area contributed by atoms with Crippen molar-refractivity contribution in [3.8, 4) is 16.9 Å². The highest BCUT2D eigenvalue weighted by Gasteiger charge is 2.31. The van der Waals surface area contributed by atoms with Gasteiger partial charge in [-0.25, -0.2) is 18.7 Å². The predicted molar refractivity (Wildman–Crippen MR) is 175 cm³/mol. The van der Waals surface area contributed by atoms with E-state index < -0.39 is 18.0 Å². The molecule has 3 aromatic heterocycles. The maximum absolute atomic E-state index is 15.6. The number of anilines is 1. The molecule has 5 rings (SSSR count). The average Bonchev–Trinajstić information content (AvgIpc) is 3.00. The number of nitrogens with zero attached hydrogens (tertiary/aromatic N) is 6. The molecule has 4 heterocycles. The van der Waals surface area contributed by atoms with Crippen LogP contribution < -0.4 is 10.6 Å². The number of carbonyl (C=O) groups excluding carboxylic acids is 1. The van der Waals surface area contributed by atoms with Gasteiger partial charge in [0.1, 0.15) is 11.6 Å². The van der Waals surface area contributed by atoms with Gasteiger partial charge in [0.2, 0.25) is 5.91 Å². The monoisotopic (exact) mass is 616 g/mol. The van der Waals surface area contributed by atoms with Gasteiger partial charge in [0.25, 0.3) is 0 Å². The molecule has 0 N–H and O–H groups in total. The summed E-state index contributed by atoms with van der Waals surface area (Å²) >= 11 is 6.90. The number of carbonyl (C=O) groups is 1. The van der Waals surface area contributed by atoms with Gasteiger partial charge >= 0.3 is 5.69 Å². The van der Waals surface area contributed by atoms with Crippen molar-refractivity contribution in [2.24, 2.45) is 0 Å². The quantitative estimate of drug-likeness (QED) is 0.214. The number of pyridine rings is 2. The Kier molecular flexibility index (Phi) is 7.95. The molecule has 0 bridgehead atoms. The molecule has 1 aliphatic heterocycles. The normalized spacial score (nSPS) is 15.9. The number of halogens is 2. The molecule has 1 aromatic carbocycles. The Bertz CT molecular complexity index is 1910. The number of piperazine rings is 1. The maximum atomic E-state index is 15.6. The summed E-state index contributed by atoms with van der Waals surface area (Å²) in [5, 5.41) is 0.566. The van der Waals surface area contributed by atoms with Crippen molar-refractivity contribution in [2.45, 2.75) is 52.5 Å². The first kappa shape index (κ1) is 28.4. The van der Waals surface area contributed by atoms with Gasteiger partial charge in [0, 0.05) is 37.4 Å². The second-order valence-corrected chi connectivity index (χ2v) is 12.0. The Morgan fingerprint density at radius 1 is 1.18 bits per heavy atom. The molecule has 0 unspecified atom stereocenters. The van der Waals surface area contributed by atoms with Gasteiger partial charge in [0.15, 0.2) is 5.65 Å². The zero-order chi connectivity index (χ0) is 33.4. The minimum Gasteiger partial charge on any atom is -0.350 e. The molecule has 1 aliphatic rings. The van der Waals surface area contributed by atoms with Crippen LogP contribution in [0.5, 0.6) is 0 Å². The second-order valence-electron chi connectivity index (χ2n) is 11.6. The molecule has 8 nitrogen and oxygen atoms in total. The van der Waals surface area contributed by atoms with Crippen molar-refractivity contribution >= 4 is 40.4 Å². The molecule has 1 saturated heterocycles. The Morgan fingerprint density at radius 2 is 1.95 bits per heavy atom. The van der Waals surface area contributed by atoms with Crippen LogP contribution in [-0.4, -0.2) is 56.0 Å². The SMILES string of the molecule is [2H]C([2H])=Cc1cccc(F)c1-c1nc2c(cc1Cl)c(N1CCN(C(=O)C=C)C[C@@H]1C)nc(=O)n2-c1c(C(C)C)ccnc1C(C)C. The van der Waals surface area contributed by atoms with Crippen LogP contribution in [0.2, 0.25) is 5.02 Å². The van der Waals surface area contributed by atoms with Gasteiger partial charge < -0.3 is 9.80 Å². The third-order valence-electron chi connectivity index (χ3n) is 8.00. The number of hydrogen-bond acceptors (Lipinski definition) is 6. The van der Waals surface area contributed by atoms with Gasteiger partial charge in [-0.3, -0.25) is 9.78 Å². The minimum atomic E-state index is -0.643. The largest absolute Gasteiger partial charge is 0.355 e. The van der Waals surface area contributed by atoms with Gasteiger partial charge in [-0.2, -0.15) is 4.98 Å². The fourth-order valence-corrected chi connectivity index (χ4v) is 6.08. The van der Waals surface area contributed by atoms with E-state index in [1.165, 1.54) is 28.9 Å². The van der Waals surface area contributed by atoms with Gasteiger partial charge in [-0.1, -0.05) is 70.6 Å². The van der Waals surface area contributed by atoms with E-state index in [-0.39, 0.29) is 51.3 Å². The average molecular weight is 617 g/mol. The van der Waals surface area contributed by atoms with Crippen molar-refractivity contribution in [3.05, 3.63) is 93.9 Å². The highest BCUT2D eigenvalue weighted by molar-refractivity contribution is 6.34. The predicted octanol–water partition coefficient (Wildman–Crippen LogP) is 6.75. The van der Waals surface area contributed by atoms with Crippen LogP contribution in [0, 0.1) is 5.82 Å². The van der Waals surface area contributed by atoms with Crippen molar-refractivity contribution in [1.82, 2.24) is 24.4 Å². The molecule has 0 spiro atoms. The molecule has 44 heavy (non-hydrogen) atoms. The third kappa shape index (κ3) is 5.41. The molecule has 0 radical (unpaired) electrons. The van der Waals surface area contributed by atoms with Crippen molar-refractivity contribution < 1.29 is 11.9 Å². The lowest BCUT2D eigenvalue weighted by Crippen LogP contribution is -2.54. The zero-order valence-corrected chi connectivity index (χ0v) is 26.2. The summed E-state index contributed by atoms with van der Waals surface area (Å²) < 4.78 is 32.4. The standard InChI is InChI=1S/C34H36ClFN6O2/c1-8-22-11-10-12-26(36)28(22)30-25(35)17-24-32(41-16-15-40(18-21(41)7)27(43)9-2)39-34(44)42(33(24)38-30)31-23(19(3)4)13-14-37-29(31)20(5)6/h8-14,17,19-21H,1-2,15-16,18H2,3-7H3/t21-/m0/s1/i1D2. The number of amides is 1. The van der Waals surface area contributed by atoms with E-state index >= 15 is 4.39 Å². The summed E-state index contributed by atoms with van der Waals surface area (Å²) in [6.07, 6.45) is 4.22. The highest BCUT2D eigenvalue weighted by atomic mass is 35.5. The molecule has 1 atom stereocenters. The summed E-state index contributed by atoms with van der Waals surface area (Å²) in [6, 6.07) is 7.61. The van der Waals surface area contributed by atoms with Crippen LogP contribution in [0.15, 0.2) is 60.5 Å². The van der Waals surface area contributed by atoms with Crippen molar-refractivity contribution in [3.63, 3.8) is 0 Å². The molecule has 0 saturated carbocycles. The van der Waals surface area contributed by atoms with Crippen LogP contribution in [-0.2, 0) is 4.79 Å². The Balaban J connectivity index is 1.89. The van der Waals surface area contributed by atoms with E-state index in [2.05, 4.69) is 16.5 Å². The van der Waals surface area contributed by atoms with Crippen LogP contribution in [0.1, 0.15) is 66.0 Å². The molecule has 1 fully saturated rings. The maximum Gasteiger partial charge on any atom is 0.355 e. The lowest BCUT2D eigenvalue weighted by molar-refractivity contribution is -0.126. The fraction of sp³-hybridized carbons (Fsp3) is 0.324. The number of benzene rings is 1. The lowest BCUT2D eigenvalue weighted by atomic mass is 9.97. The molecule has 228 valence electrons. The van der Waals surface area contributed by atoms with Crippen LogP contribution in [0.3, 0.4) is 0 Å². The molecule has 4 aromatic rings. The molecule has 1 amide bonds. The van der Waals surface area contributed by atoms with E-state index in [1.54, 1.807) is 23.2 Å². The fourth-order valence-electron chi connectivity index (χ4n) is 5.83. The molecule has 0 aliphatic carbocycles. The molecular weight excluding hydrogens is 579 g/mol. The highest BCUT2D eigenvalue weighted by Crippen LogP contribution is 2.38. The first-order valence-electron chi connectivity index (χ1n) is 15.6. The van der Waals surface area contributed by atoms with Gasteiger partial charge in [-0.05, 0) is 54.2 Å². The number of rotatable bonds is 7. The van der Waals surface area contributed by atoms with Gasteiger partial charge in [-0.15, -0.1) is 0 Å². The third-order valence-corrected chi connectivity index (χ3v) is 8.29. The Morgan fingerprint density at radius 3 is 2.61 bits per heavy atom. The number of hydrogen-bond donors (Lipinski definition) is 0. The Labute approximate surface area is 264 Å². The lowest BCUT2D eigenvalue weighted by Gasteiger charge is -2.40. The summed E-state index contributed by atoms with van der Waals surface area (Å²) in [5.74, 6) is -0.518. The number of aromatic nitrogens is 4. The molecule has 10 heteroatoms. The van der Waals surface area contributed by atoms with Crippen molar-refractivity contribution in [1.29, 1.82) is 0 Å². The van der Waals surface area contributed by atoms with E-state index in [9.17, 15) is 9.59 Å². The van der Waals surface area contributed by atoms with E-state index in [0.29, 0.717) is 42.2 Å². The first-order chi connectivity index (χ1) is 21.8. The molecular formula is C34H36ClFN6O2. The summed E-state index contributed by atoms with van der Waals surface area (Å²) in [5.41, 5.74) is 2.03. The van der Waals surface area contributed by atoms with Crippen molar-refractivity contribution in [2.75, 3.05) is 24.5 Å². The first-order valence-corrected chi connectivity index (χ1v) is 15.0. The summed E-state index contributed by atoms with van der Waals surface area (Å²) in [4.78, 5) is 44.5. The van der Waals surface area contributed by atoms with Crippen LogP contribution >= 0.6 is 11.6 Å².